The van der Waals surface area contributed by atoms with Gasteiger partial charge in [0.05, 0.1) is 11.4 Å². The first kappa shape index (κ1) is 20.1. The third kappa shape index (κ3) is 4.20. The molecule has 0 atom stereocenters. The van der Waals surface area contributed by atoms with Crippen LogP contribution < -0.4 is 25.4 Å². The molecule has 0 unspecified atom stereocenters. The molecule has 0 spiro atoms. The number of carbonyl (C=O) groups is 2. The highest BCUT2D eigenvalue weighted by Crippen LogP contribution is 2.41. The smallest absolute Gasteiger partial charge is 0.262 e. The van der Waals surface area contributed by atoms with Gasteiger partial charge >= 0.3 is 0 Å². The lowest BCUT2D eigenvalue weighted by Crippen LogP contribution is -2.25. The number of nitrogens with zero attached hydrogens (tertiary/aromatic N) is 1. The second-order valence-electron chi connectivity index (χ2n) is 8.41. The van der Waals surface area contributed by atoms with Gasteiger partial charge in [0.25, 0.3) is 5.91 Å². The lowest BCUT2D eigenvalue weighted by molar-refractivity contribution is -0.118. The summed E-state index contributed by atoms with van der Waals surface area (Å²) in [6.45, 7) is 5.71. The number of nitrogens with one attached hydrogen (secondary N) is 1. The Morgan fingerprint density at radius 1 is 1.20 bits per heavy atom. The van der Waals surface area contributed by atoms with Crippen molar-refractivity contribution in [2.24, 2.45) is 5.73 Å². The topological polar surface area (TPSA) is 93.9 Å². The van der Waals surface area contributed by atoms with Gasteiger partial charge in [-0.2, -0.15) is 0 Å². The zero-order valence-corrected chi connectivity index (χ0v) is 17.4. The Morgan fingerprint density at radius 3 is 2.70 bits per heavy atom. The monoisotopic (exact) mass is 409 g/mol. The highest BCUT2D eigenvalue weighted by molar-refractivity contribution is 5.99. The van der Waals surface area contributed by atoms with Gasteiger partial charge in [-0.3, -0.25) is 9.59 Å². The zero-order chi connectivity index (χ0) is 21.3. The summed E-state index contributed by atoms with van der Waals surface area (Å²) in [5.41, 5.74) is 8.01. The molecule has 0 radical (unpaired) electrons. The molecule has 0 aromatic heterocycles. The Balaban J connectivity index is 1.48. The van der Waals surface area contributed by atoms with Gasteiger partial charge in [-0.15, -0.1) is 0 Å². The minimum absolute atomic E-state index is 0.166. The molecule has 2 aromatic carbocycles. The molecular weight excluding hydrogens is 382 g/mol. The first-order valence-electron chi connectivity index (χ1n) is 10.2. The summed E-state index contributed by atoms with van der Waals surface area (Å²) in [5.74, 6) is 0.406. The molecule has 3 N–H and O–H groups in total. The van der Waals surface area contributed by atoms with Crippen LogP contribution in [0.2, 0.25) is 0 Å². The van der Waals surface area contributed by atoms with Crippen LogP contribution in [0.25, 0.3) is 0 Å². The van der Waals surface area contributed by atoms with Crippen molar-refractivity contribution in [1.82, 2.24) is 0 Å². The summed E-state index contributed by atoms with van der Waals surface area (Å²) >= 11 is 0. The number of anilines is 2. The number of para-hydroxylation sites is 1. The lowest BCUT2D eigenvalue weighted by atomic mass is 10.0. The van der Waals surface area contributed by atoms with Gasteiger partial charge in [-0.1, -0.05) is 12.1 Å². The van der Waals surface area contributed by atoms with Gasteiger partial charge in [-0.25, -0.2) is 0 Å². The molecular formula is C23H27N3O4. The molecule has 2 aliphatic rings. The summed E-state index contributed by atoms with van der Waals surface area (Å²) in [7, 11) is 0. The molecule has 1 fully saturated rings. The molecule has 0 aliphatic carbocycles. The average molecular weight is 409 g/mol. The van der Waals surface area contributed by atoms with E-state index in [1.807, 2.05) is 32.0 Å². The van der Waals surface area contributed by atoms with Crippen molar-refractivity contribution in [2.45, 2.75) is 38.7 Å². The van der Waals surface area contributed by atoms with Gasteiger partial charge in [0.2, 0.25) is 5.91 Å². The van der Waals surface area contributed by atoms with Crippen molar-refractivity contribution in [3.05, 3.63) is 47.5 Å². The Hall–Kier alpha value is -3.22. The molecule has 0 bridgehead atoms. The van der Waals surface area contributed by atoms with Crippen molar-refractivity contribution in [3.8, 4) is 11.5 Å². The zero-order valence-electron chi connectivity index (χ0n) is 17.4. The molecule has 4 rings (SSSR count). The first-order valence-corrected chi connectivity index (χ1v) is 10.2. The van der Waals surface area contributed by atoms with Gasteiger partial charge in [-0.05, 0) is 51.0 Å². The van der Waals surface area contributed by atoms with Crippen LogP contribution in [0, 0.1) is 0 Å². The van der Waals surface area contributed by atoms with Crippen LogP contribution in [0.3, 0.4) is 0 Å². The van der Waals surface area contributed by atoms with Gasteiger partial charge in [0, 0.05) is 30.6 Å². The SMILES string of the molecule is CC1(C)Cc2cccc(OCC(=O)Nc3cc(C(N)=O)ccc3N3CCCC3)c2O1. The predicted molar refractivity (Wildman–Crippen MR) is 115 cm³/mol. The Labute approximate surface area is 176 Å². The third-order valence-electron chi connectivity index (χ3n) is 5.42. The van der Waals surface area contributed by atoms with Crippen LogP contribution in [0.4, 0.5) is 11.4 Å². The van der Waals surface area contributed by atoms with Crippen LogP contribution in [-0.2, 0) is 11.2 Å². The minimum atomic E-state index is -0.533. The largest absolute Gasteiger partial charge is 0.483 e. The van der Waals surface area contributed by atoms with E-state index in [2.05, 4.69) is 10.2 Å². The van der Waals surface area contributed by atoms with Crippen LogP contribution in [0.5, 0.6) is 11.5 Å². The second-order valence-corrected chi connectivity index (χ2v) is 8.41. The molecule has 1 saturated heterocycles. The van der Waals surface area contributed by atoms with E-state index in [4.69, 9.17) is 15.2 Å². The summed E-state index contributed by atoms with van der Waals surface area (Å²) in [5, 5.41) is 2.88. The highest BCUT2D eigenvalue weighted by atomic mass is 16.5. The maximum atomic E-state index is 12.6. The summed E-state index contributed by atoms with van der Waals surface area (Å²) in [6, 6.07) is 10.9. The van der Waals surface area contributed by atoms with E-state index in [1.165, 1.54) is 0 Å². The standard InChI is InChI=1S/C23H27N3O4/c1-23(2)13-16-6-5-7-19(21(16)30-23)29-14-20(27)25-17-12-15(22(24)28)8-9-18(17)26-10-3-4-11-26/h5-9,12H,3-4,10-11,13-14H2,1-2H3,(H2,24,28)(H,25,27). The molecule has 158 valence electrons. The number of carbonyl (C=O) groups excluding carboxylic acids is 2. The number of primary amides is 1. The molecule has 2 heterocycles. The van der Waals surface area contributed by atoms with E-state index < -0.39 is 5.91 Å². The molecule has 30 heavy (non-hydrogen) atoms. The van der Waals surface area contributed by atoms with Crippen molar-refractivity contribution in [2.75, 3.05) is 29.9 Å². The Bertz CT molecular complexity index is 980. The predicted octanol–water partition coefficient (Wildman–Crippen LogP) is 3.12. The highest BCUT2D eigenvalue weighted by Gasteiger charge is 2.32. The number of rotatable bonds is 6. The fourth-order valence-corrected chi connectivity index (χ4v) is 4.05. The summed E-state index contributed by atoms with van der Waals surface area (Å²) < 4.78 is 11.8. The molecule has 0 saturated carbocycles. The van der Waals surface area contributed by atoms with E-state index >= 15 is 0 Å². The van der Waals surface area contributed by atoms with Crippen LogP contribution in [-0.4, -0.2) is 37.1 Å². The molecule has 7 heteroatoms. The van der Waals surface area contributed by atoms with Gasteiger partial charge < -0.3 is 25.4 Å². The van der Waals surface area contributed by atoms with Crippen molar-refractivity contribution in [3.63, 3.8) is 0 Å². The Kier molecular flexibility index (Phi) is 5.28. The average Bonchev–Trinajstić information content (AvgIpc) is 3.32. The fourth-order valence-electron chi connectivity index (χ4n) is 4.05. The number of benzene rings is 2. The number of nitrogens with two attached hydrogens (primary N) is 1. The summed E-state index contributed by atoms with van der Waals surface area (Å²) in [4.78, 5) is 26.4. The normalized spacial score (nSPS) is 16.7. The van der Waals surface area contributed by atoms with Crippen molar-refractivity contribution in [1.29, 1.82) is 0 Å². The van der Waals surface area contributed by atoms with Crippen molar-refractivity contribution >= 4 is 23.2 Å². The number of hydrogen-bond donors (Lipinski definition) is 2. The van der Waals surface area contributed by atoms with Gasteiger partial charge in [0.1, 0.15) is 5.60 Å². The number of ether oxygens (including phenoxy) is 2. The quantitative estimate of drug-likeness (QED) is 0.765. The molecule has 2 aliphatic heterocycles. The van der Waals surface area contributed by atoms with E-state index in [-0.39, 0.29) is 18.1 Å². The minimum Gasteiger partial charge on any atom is -0.483 e. The maximum absolute atomic E-state index is 12.6. The number of amides is 2. The Morgan fingerprint density at radius 2 is 1.97 bits per heavy atom. The molecule has 2 amide bonds. The van der Waals surface area contributed by atoms with Crippen LogP contribution in [0.15, 0.2) is 36.4 Å². The van der Waals surface area contributed by atoms with Crippen LogP contribution >= 0.6 is 0 Å². The fraction of sp³-hybridized carbons (Fsp3) is 0.391. The summed E-state index contributed by atoms with van der Waals surface area (Å²) in [6.07, 6.45) is 3.00. The van der Waals surface area contributed by atoms with Crippen LogP contribution in [0.1, 0.15) is 42.6 Å². The van der Waals surface area contributed by atoms with E-state index in [0.717, 1.165) is 43.6 Å². The number of fused-ring (bicyclic) bond motifs is 1. The number of hydrogen-bond acceptors (Lipinski definition) is 5. The third-order valence-corrected chi connectivity index (χ3v) is 5.42. The maximum Gasteiger partial charge on any atom is 0.262 e. The second kappa shape index (κ2) is 7.89. The van der Waals surface area contributed by atoms with E-state index in [9.17, 15) is 9.59 Å². The first-order chi connectivity index (χ1) is 14.3. The van der Waals surface area contributed by atoms with Gasteiger partial charge in [0.15, 0.2) is 18.1 Å². The molecule has 2 aromatic rings. The lowest BCUT2D eigenvalue weighted by Gasteiger charge is -2.22. The molecule has 7 nitrogen and oxygen atoms in total. The van der Waals surface area contributed by atoms with E-state index in [1.54, 1.807) is 18.2 Å². The van der Waals surface area contributed by atoms with E-state index in [0.29, 0.717) is 22.7 Å². The van der Waals surface area contributed by atoms with Crippen molar-refractivity contribution < 1.29 is 19.1 Å².